The lowest BCUT2D eigenvalue weighted by atomic mass is 9.96. The molecule has 1 saturated carbocycles. The van der Waals surface area contributed by atoms with Crippen LogP contribution < -0.4 is 10.3 Å². The van der Waals surface area contributed by atoms with Crippen LogP contribution in [0.4, 0.5) is 0 Å². The minimum Gasteiger partial charge on any atom is -0.326 e. The van der Waals surface area contributed by atoms with Crippen LogP contribution in [-0.4, -0.2) is 30.9 Å². The number of thioether (sulfide) groups is 1. The molecule has 112 valence electrons. The summed E-state index contributed by atoms with van der Waals surface area (Å²) in [6.07, 6.45) is 7.04. The number of aromatic amines is 1. The Labute approximate surface area is 127 Å². The van der Waals surface area contributed by atoms with Gasteiger partial charge in [0, 0.05) is 17.5 Å². The van der Waals surface area contributed by atoms with Crippen LogP contribution in [0.2, 0.25) is 5.02 Å². The first-order chi connectivity index (χ1) is 9.42. The van der Waals surface area contributed by atoms with Crippen LogP contribution in [0.15, 0.2) is 22.0 Å². The summed E-state index contributed by atoms with van der Waals surface area (Å²) >= 11 is 7.44. The summed E-state index contributed by atoms with van der Waals surface area (Å²) in [5.41, 5.74) is -0.495. The molecule has 2 N–H and O–H groups in total. The zero-order chi connectivity index (χ0) is 14.8. The van der Waals surface area contributed by atoms with Crippen molar-refractivity contribution in [3.63, 3.8) is 0 Å². The smallest absolute Gasteiger partial charge is 0.266 e. The first-order valence-electron chi connectivity index (χ1n) is 6.36. The Kier molecular flexibility index (Phi) is 5.17. The Morgan fingerprint density at radius 3 is 2.85 bits per heavy atom. The Balaban J connectivity index is 2.14. The number of aromatic nitrogens is 1. The molecule has 0 aliphatic heterocycles. The summed E-state index contributed by atoms with van der Waals surface area (Å²) in [6, 6.07) is 1.12. The highest BCUT2D eigenvalue weighted by Crippen LogP contribution is 2.27. The van der Waals surface area contributed by atoms with Crippen molar-refractivity contribution >= 4 is 33.4 Å². The fourth-order valence-corrected chi connectivity index (χ4v) is 4.69. The van der Waals surface area contributed by atoms with Gasteiger partial charge in [0.15, 0.2) is 0 Å². The van der Waals surface area contributed by atoms with Gasteiger partial charge in [0.05, 0.1) is 4.90 Å². The van der Waals surface area contributed by atoms with E-state index in [4.69, 9.17) is 11.6 Å². The maximum Gasteiger partial charge on any atom is 0.266 e. The lowest BCUT2D eigenvalue weighted by molar-refractivity contribution is 0.420. The van der Waals surface area contributed by atoms with Crippen LogP contribution in [0, 0.1) is 0 Å². The highest BCUT2D eigenvalue weighted by Gasteiger charge is 2.26. The van der Waals surface area contributed by atoms with E-state index in [0.717, 1.165) is 25.7 Å². The van der Waals surface area contributed by atoms with Crippen molar-refractivity contribution in [1.29, 1.82) is 0 Å². The molecule has 1 aromatic rings. The summed E-state index contributed by atoms with van der Waals surface area (Å²) in [5, 5.41) is 0.370. The third-order valence-corrected chi connectivity index (χ3v) is 6.30. The minimum absolute atomic E-state index is 0.00613. The number of nitrogens with one attached hydrogen (secondary N) is 2. The molecule has 0 bridgehead atoms. The van der Waals surface area contributed by atoms with Gasteiger partial charge in [-0.25, -0.2) is 13.1 Å². The molecule has 5 nitrogen and oxygen atoms in total. The third-order valence-electron chi connectivity index (χ3n) is 3.42. The van der Waals surface area contributed by atoms with Gasteiger partial charge < -0.3 is 4.98 Å². The number of rotatable bonds is 4. The van der Waals surface area contributed by atoms with E-state index >= 15 is 0 Å². The summed E-state index contributed by atoms with van der Waals surface area (Å²) in [6.45, 7) is 0. The quantitative estimate of drug-likeness (QED) is 0.881. The highest BCUT2D eigenvalue weighted by atomic mass is 35.5. The molecule has 1 fully saturated rings. The van der Waals surface area contributed by atoms with E-state index in [2.05, 4.69) is 9.71 Å². The molecule has 1 aliphatic rings. The second kappa shape index (κ2) is 6.51. The normalized spacial score (nSPS) is 23.7. The van der Waals surface area contributed by atoms with Gasteiger partial charge in [-0.3, -0.25) is 4.79 Å². The summed E-state index contributed by atoms with van der Waals surface area (Å²) in [5.74, 6) is 0. The zero-order valence-corrected chi connectivity index (χ0v) is 13.4. The molecule has 2 rings (SSSR count). The van der Waals surface area contributed by atoms with Crippen molar-refractivity contribution in [2.45, 2.75) is 41.9 Å². The SMILES string of the molecule is CSC1CCCC(NS(=O)(=O)c2c[nH]c(=O)c(Cl)c2)C1. The van der Waals surface area contributed by atoms with Gasteiger partial charge in [0.1, 0.15) is 5.02 Å². The average molecular weight is 337 g/mol. The van der Waals surface area contributed by atoms with Gasteiger partial charge in [0.25, 0.3) is 5.56 Å². The minimum atomic E-state index is -3.64. The Morgan fingerprint density at radius 2 is 2.20 bits per heavy atom. The van der Waals surface area contributed by atoms with E-state index in [1.165, 1.54) is 12.3 Å². The van der Waals surface area contributed by atoms with Gasteiger partial charge in [-0.2, -0.15) is 11.8 Å². The molecule has 0 radical (unpaired) electrons. The lowest BCUT2D eigenvalue weighted by Gasteiger charge is -2.28. The van der Waals surface area contributed by atoms with Gasteiger partial charge in [0.2, 0.25) is 10.0 Å². The maximum atomic E-state index is 12.3. The second-order valence-electron chi connectivity index (χ2n) is 4.85. The first-order valence-corrected chi connectivity index (χ1v) is 9.50. The fraction of sp³-hybridized carbons (Fsp3) is 0.583. The van der Waals surface area contributed by atoms with E-state index in [1.807, 2.05) is 6.26 Å². The molecule has 0 aromatic carbocycles. The van der Waals surface area contributed by atoms with Crippen molar-refractivity contribution in [2.75, 3.05) is 6.26 Å². The number of pyridine rings is 1. The zero-order valence-electron chi connectivity index (χ0n) is 11.1. The molecule has 0 amide bonds. The fourth-order valence-electron chi connectivity index (χ4n) is 2.35. The van der Waals surface area contributed by atoms with Gasteiger partial charge >= 0.3 is 0 Å². The van der Waals surface area contributed by atoms with Crippen LogP contribution in [0.1, 0.15) is 25.7 Å². The predicted molar refractivity (Wildman–Crippen MR) is 82.0 cm³/mol. The number of H-pyrrole nitrogens is 1. The second-order valence-corrected chi connectivity index (χ2v) is 8.11. The third kappa shape index (κ3) is 3.78. The summed E-state index contributed by atoms with van der Waals surface area (Å²) < 4.78 is 27.2. The topological polar surface area (TPSA) is 79.0 Å². The Hall–Kier alpha value is -0.500. The van der Waals surface area contributed by atoms with Gasteiger partial charge in [-0.05, 0) is 31.6 Å². The van der Waals surface area contributed by atoms with Crippen LogP contribution in [0.3, 0.4) is 0 Å². The predicted octanol–water partition coefficient (Wildman–Crippen LogP) is 1.98. The van der Waals surface area contributed by atoms with E-state index in [1.54, 1.807) is 11.8 Å². The molecular weight excluding hydrogens is 320 g/mol. The number of hydrogen-bond donors (Lipinski definition) is 2. The van der Waals surface area contributed by atoms with Crippen molar-refractivity contribution in [1.82, 2.24) is 9.71 Å². The van der Waals surface area contributed by atoms with E-state index in [9.17, 15) is 13.2 Å². The molecule has 1 heterocycles. The van der Waals surface area contributed by atoms with Crippen molar-refractivity contribution < 1.29 is 8.42 Å². The van der Waals surface area contributed by atoms with Gasteiger partial charge in [-0.15, -0.1) is 0 Å². The molecule has 20 heavy (non-hydrogen) atoms. The van der Waals surface area contributed by atoms with Crippen LogP contribution in [-0.2, 0) is 10.0 Å². The van der Waals surface area contributed by atoms with Crippen molar-refractivity contribution in [3.8, 4) is 0 Å². The van der Waals surface area contributed by atoms with E-state index < -0.39 is 15.6 Å². The molecular formula is C12H17ClN2O3S2. The first kappa shape index (κ1) is 15.9. The number of halogens is 1. The molecule has 1 aromatic heterocycles. The molecule has 1 aliphatic carbocycles. The van der Waals surface area contributed by atoms with Crippen LogP contribution >= 0.6 is 23.4 Å². The van der Waals surface area contributed by atoms with E-state index in [0.29, 0.717) is 5.25 Å². The molecule has 0 saturated heterocycles. The molecule has 0 spiro atoms. The Morgan fingerprint density at radius 1 is 1.45 bits per heavy atom. The average Bonchev–Trinajstić information content (AvgIpc) is 2.41. The Bertz CT molecular complexity index is 630. The van der Waals surface area contributed by atoms with Crippen LogP contribution in [0.25, 0.3) is 0 Å². The summed E-state index contributed by atoms with van der Waals surface area (Å²) in [4.78, 5) is 13.5. The molecule has 2 atom stereocenters. The monoisotopic (exact) mass is 336 g/mol. The maximum absolute atomic E-state index is 12.3. The van der Waals surface area contributed by atoms with Crippen molar-refractivity contribution in [2.24, 2.45) is 0 Å². The lowest BCUT2D eigenvalue weighted by Crippen LogP contribution is -2.39. The van der Waals surface area contributed by atoms with Gasteiger partial charge in [-0.1, -0.05) is 18.0 Å². The van der Waals surface area contributed by atoms with E-state index in [-0.39, 0.29) is 16.0 Å². The highest BCUT2D eigenvalue weighted by molar-refractivity contribution is 7.99. The number of sulfonamides is 1. The molecule has 8 heteroatoms. The number of hydrogen-bond acceptors (Lipinski definition) is 4. The van der Waals surface area contributed by atoms with Crippen molar-refractivity contribution in [3.05, 3.63) is 27.6 Å². The van der Waals surface area contributed by atoms with Crippen LogP contribution in [0.5, 0.6) is 0 Å². The molecule has 2 unspecified atom stereocenters. The summed E-state index contributed by atoms with van der Waals surface area (Å²) in [7, 11) is -3.64. The standard InChI is InChI=1S/C12H17ClN2O3S2/c1-19-9-4-2-3-8(5-9)15-20(17,18)10-6-11(13)12(16)14-7-10/h6-9,15H,2-5H2,1H3,(H,14,16). The largest absolute Gasteiger partial charge is 0.326 e.